The van der Waals surface area contributed by atoms with Gasteiger partial charge in [-0.15, -0.1) is 22.7 Å². The van der Waals surface area contributed by atoms with Gasteiger partial charge >= 0.3 is 0 Å². The van der Waals surface area contributed by atoms with Crippen LogP contribution in [0.25, 0.3) is 4.96 Å². The van der Waals surface area contributed by atoms with Crippen molar-refractivity contribution in [2.45, 2.75) is 12.5 Å². The van der Waals surface area contributed by atoms with E-state index in [1.165, 1.54) is 0 Å². The Hall–Kier alpha value is -0.920. The Morgan fingerprint density at radius 2 is 2.33 bits per heavy atom. The summed E-state index contributed by atoms with van der Waals surface area (Å²) in [6.45, 7) is 0. The van der Waals surface area contributed by atoms with Crippen LogP contribution in [0.15, 0.2) is 29.2 Å². The van der Waals surface area contributed by atoms with E-state index in [1.54, 1.807) is 22.7 Å². The molecule has 0 fully saturated rings. The first kappa shape index (κ1) is 12.1. The molecule has 3 rings (SSSR count). The molecule has 0 aliphatic rings. The van der Waals surface area contributed by atoms with E-state index in [0.717, 1.165) is 27.0 Å². The minimum absolute atomic E-state index is 0.00195. The first-order chi connectivity index (χ1) is 8.78. The lowest BCUT2D eigenvalue weighted by atomic mass is 10.1. The smallest absolute Gasteiger partial charge is 0.193 e. The standard InChI is InChI=1S/C11H11ClN4S2/c12-8-1-3-17-10(8)9(15-13)5-7-6-16-2-4-18-11(16)14-7/h1-4,6,9,15H,5,13H2. The molecule has 18 heavy (non-hydrogen) atoms. The van der Waals surface area contributed by atoms with Gasteiger partial charge < -0.3 is 0 Å². The number of imidazole rings is 1. The lowest BCUT2D eigenvalue weighted by molar-refractivity contribution is 0.556. The van der Waals surface area contributed by atoms with Gasteiger partial charge in [0.1, 0.15) is 0 Å². The van der Waals surface area contributed by atoms with Gasteiger partial charge in [0.15, 0.2) is 4.96 Å². The van der Waals surface area contributed by atoms with Crippen molar-refractivity contribution in [3.05, 3.63) is 44.8 Å². The summed E-state index contributed by atoms with van der Waals surface area (Å²) >= 11 is 9.35. The van der Waals surface area contributed by atoms with E-state index in [1.807, 2.05) is 33.6 Å². The summed E-state index contributed by atoms with van der Waals surface area (Å²) in [6.07, 6.45) is 4.75. The number of hydrazine groups is 1. The maximum absolute atomic E-state index is 6.13. The largest absolute Gasteiger partial charge is 0.297 e. The average Bonchev–Trinajstić information content (AvgIpc) is 3.01. The fourth-order valence-corrected chi connectivity index (χ4v) is 3.83. The summed E-state index contributed by atoms with van der Waals surface area (Å²) in [5, 5.41) is 4.73. The number of hydrogen-bond donors (Lipinski definition) is 2. The summed E-state index contributed by atoms with van der Waals surface area (Å²) < 4.78 is 2.02. The van der Waals surface area contributed by atoms with Crippen molar-refractivity contribution in [2.75, 3.05) is 0 Å². The lowest BCUT2D eigenvalue weighted by Crippen LogP contribution is -2.29. The number of thiophene rings is 1. The van der Waals surface area contributed by atoms with Gasteiger partial charge in [-0.25, -0.2) is 4.98 Å². The van der Waals surface area contributed by atoms with Crippen molar-refractivity contribution in [3.8, 4) is 0 Å². The number of aromatic nitrogens is 2. The van der Waals surface area contributed by atoms with Crippen molar-refractivity contribution < 1.29 is 0 Å². The molecule has 0 spiro atoms. The maximum atomic E-state index is 6.13. The Balaban J connectivity index is 1.86. The van der Waals surface area contributed by atoms with Gasteiger partial charge in [0.2, 0.25) is 0 Å². The highest BCUT2D eigenvalue weighted by Crippen LogP contribution is 2.30. The fraction of sp³-hybridized carbons (Fsp3) is 0.182. The third-order valence-corrected chi connectivity index (χ3v) is 4.96. The maximum Gasteiger partial charge on any atom is 0.193 e. The van der Waals surface area contributed by atoms with Gasteiger partial charge in [0.05, 0.1) is 16.8 Å². The molecule has 1 atom stereocenters. The van der Waals surface area contributed by atoms with E-state index >= 15 is 0 Å². The normalized spacial score (nSPS) is 13.2. The van der Waals surface area contributed by atoms with Crippen molar-refractivity contribution in [1.29, 1.82) is 0 Å². The molecular weight excluding hydrogens is 288 g/mol. The molecule has 0 aliphatic heterocycles. The van der Waals surface area contributed by atoms with Gasteiger partial charge in [-0.3, -0.25) is 15.7 Å². The van der Waals surface area contributed by atoms with Crippen molar-refractivity contribution >= 4 is 39.2 Å². The predicted octanol–water partition coefficient (Wildman–Crippen LogP) is 2.86. The number of nitrogens with zero attached hydrogens (tertiary/aromatic N) is 2. The number of fused-ring (bicyclic) bond motifs is 1. The third-order valence-electron chi connectivity index (χ3n) is 2.72. The van der Waals surface area contributed by atoms with E-state index in [9.17, 15) is 0 Å². The summed E-state index contributed by atoms with van der Waals surface area (Å²) in [5.41, 5.74) is 3.82. The van der Waals surface area contributed by atoms with Crippen LogP contribution in [0.4, 0.5) is 0 Å². The van der Waals surface area contributed by atoms with Crippen LogP contribution in [0.5, 0.6) is 0 Å². The number of nitrogens with one attached hydrogen (secondary N) is 1. The quantitative estimate of drug-likeness (QED) is 0.575. The zero-order chi connectivity index (χ0) is 12.5. The second kappa shape index (κ2) is 4.99. The van der Waals surface area contributed by atoms with Crippen molar-refractivity contribution in [3.63, 3.8) is 0 Å². The molecule has 7 heteroatoms. The zero-order valence-corrected chi connectivity index (χ0v) is 11.7. The van der Waals surface area contributed by atoms with Crippen LogP contribution in [-0.4, -0.2) is 9.38 Å². The molecule has 3 heterocycles. The number of thiazole rings is 1. The first-order valence-corrected chi connectivity index (χ1v) is 7.51. The monoisotopic (exact) mass is 298 g/mol. The number of hydrogen-bond acceptors (Lipinski definition) is 5. The molecule has 94 valence electrons. The van der Waals surface area contributed by atoms with Crippen LogP contribution < -0.4 is 11.3 Å². The topological polar surface area (TPSA) is 55.3 Å². The fourth-order valence-electron chi connectivity index (χ4n) is 1.86. The first-order valence-electron chi connectivity index (χ1n) is 5.38. The molecule has 3 aromatic rings. The summed E-state index contributed by atoms with van der Waals surface area (Å²) in [4.78, 5) is 6.60. The molecule has 0 radical (unpaired) electrons. The van der Waals surface area contributed by atoms with E-state index < -0.39 is 0 Å². The molecule has 4 nitrogen and oxygen atoms in total. The van der Waals surface area contributed by atoms with Crippen molar-refractivity contribution in [2.24, 2.45) is 5.84 Å². The molecule has 3 N–H and O–H groups in total. The van der Waals surface area contributed by atoms with E-state index in [2.05, 4.69) is 10.4 Å². The Kier molecular flexibility index (Phi) is 3.36. The summed E-state index contributed by atoms with van der Waals surface area (Å²) in [5.74, 6) is 5.62. The molecule has 0 aliphatic carbocycles. The molecule has 0 amide bonds. The van der Waals surface area contributed by atoms with Crippen LogP contribution in [-0.2, 0) is 6.42 Å². The minimum Gasteiger partial charge on any atom is -0.297 e. The van der Waals surface area contributed by atoms with Crippen LogP contribution >= 0.6 is 34.3 Å². The van der Waals surface area contributed by atoms with Crippen molar-refractivity contribution in [1.82, 2.24) is 14.8 Å². The highest BCUT2D eigenvalue weighted by atomic mass is 35.5. The zero-order valence-electron chi connectivity index (χ0n) is 9.34. The minimum atomic E-state index is 0.00195. The molecule has 0 bridgehead atoms. The van der Waals surface area contributed by atoms with Gasteiger partial charge in [-0.05, 0) is 11.4 Å². The van der Waals surface area contributed by atoms with Gasteiger partial charge in [0.25, 0.3) is 0 Å². The predicted molar refractivity (Wildman–Crippen MR) is 76.2 cm³/mol. The molecule has 0 saturated heterocycles. The van der Waals surface area contributed by atoms with E-state index in [-0.39, 0.29) is 6.04 Å². The highest BCUT2D eigenvalue weighted by Gasteiger charge is 2.17. The number of nitrogens with two attached hydrogens (primary N) is 1. The van der Waals surface area contributed by atoms with Gasteiger partial charge in [0, 0.05) is 29.1 Å². The Morgan fingerprint density at radius 3 is 3.00 bits per heavy atom. The Labute approximate surface area is 117 Å². The second-order valence-corrected chi connectivity index (χ2v) is 6.11. The molecule has 1 unspecified atom stereocenters. The van der Waals surface area contributed by atoms with Gasteiger partial charge in [-0.2, -0.15) is 0 Å². The average molecular weight is 299 g/mol. The third kappa shape index (κ3) is 2.17. The molecule has 3 aromatic heterocycles. The van der Waals surface area contributed by atoms with E-state index in [0.29, 0.717) is 0 Å². The number of halogens is 1. The molecular formula is C11H11ClN4S2. The number of rotatable bonds is 4. The second-order valence-electron chi connectivity index (χ2n) is 3.88. The Morgan fingerprint density at radius 1 is 1.44 bits per heavy atom. The molecule has 0 saturated carbocycles. The summed E-state index contributed by atoms with van der Waals surface area (Å²) in [7, 11) is 0. The van der Waals surface area contributed by atoms with Crippen LogP contribution in [0, 0.1) is 0 Å². The Bertz CT molecular complexity index is 628. The summed E-state index contributed by atoms with van der Waals surface area (Å²) in [6, 6.07) is 1.89. The van der Waals surface area contributed by atoms with Crippen LogP contribution in [0.3, 0.4) is 0 Å². The lowest BCUT2D eigenvalue weighted by Gasteiger charge is -2.13. The molecule has 0 aromatic carbocycles. The SMILES string of the molecule is NNC(Cc1cn2ccsc2n1)c1sccc1Cl. The van der Waals surface area contributed by atoms with Crippen LogP contribution in [0.1, 0.15) is 16.6 Å². The van der Waals surface area contributed by atoms with Crippen LogP contribution in [0.2, 0.25) is 5.02 Å². The van der Waals surface area contributed by atoms with E-state index in [4.69, 9.17) is 17.4 Å². The highest BCUT2D eigenvalue weighted by molar-refractivity contribution is 7.15. The van der Waals surface area contributed by atoms with Gasteiger partial charge in [-0.1, -0.05) is 11.6 Å².